The van der Waals surface area contributed by atoms with Crippen LogP contribution in [-0.4, -0.2) is 26.7 Å². The van der Waals surface area contributed by atoms with E-state index in [0.717, 1.165) is 10.0 Å². The molecule has 0 aromatic heterocycles. The van der Waals surface area contributed by atoms with Gasteiger partial charge in [0.1, 0.15) is 6.17 Å². The van der Waals surface area contributed by atoms with Crippen molar-refractivity contribution in [3.8, 4) is 11.5 Å². The molecule has 1 saturated heterocycles. The van der Waals surface area contributed by atoms with Crippen molar-refractivity contribution >= 4 is 21.8 Å². The summed E-state index contributed by atoms with van der Waals surface area (Å²) in [6, 6.07) is 3.76. The first-order valence-electron chi connectivity index (χ1n) is 5.60. The minimum absolute atomic E-state index is 0.0460. The Kier molecular flexibility index (Phi) is 4.08. The van der Waals surface area contributed by atoms with Crippen molar-refractivity contribution in [2.45, 2.75) is 12.6 Å². The zero-order chi connectivity index (χ0) is 13.1. The van der Waals surface area contributed by atoms with E-state index in [4.69, 9.17) is 9.47 Å². The molecule has 1 atom stereocenters. The zero-order valence-corrected chi connectivity index (χ0v) is 11.8. The number of carbonyl (C=O) groups is 1. The highest BCUT2D eigenvalue weighted by atomic mass is 79.9. The summed E-state index contributed by atoms with van der Waals surface area (Å²) in [5, 5.41) is 6.11. The predicted octanol–water partition coefficient (Wildman–Crippen LogP) is 1.57. The van der Waals surface area contributed by atoms with Crippen LogP contribution in [0.1, 0.15) is 18.2 Å². The average Bonchev–Trinajstić information content (AvgIpc) is 2.37. The number of amides is 1. The fourth-order valence-electron chi connectivity index (χ4n) is 1.92. The number of benzene rings is 1. The summed E-state index contributed by atoms with van der Waals surface area (Å²) in [6.07, 6.45) is 0.313. The summed E-state index contributed by atoms with van der Waals surface area (Å²) >= 11 is 3.44. The van der Waals surface area contributed by atoms with Gasteiger partial charge in [-0.1, -0.05) is 0 Å². The van der Waals surface area contributed by atoms with Crippen molar-refractivity contribution < 1.29 is 14.3 Å². The second kappa shape index (κ2) is 5.58. The van der Waals surface area contributed by atoms with Crippen molar-refractivity contribution in [2.75, 3.05) is 20.8 Å². The van der Waals surface area contributed by atoms with E-state index in [1.54, 1.807) is 14.2 Å². The number of carbonyl (C=O) groups excluding carboxylic acids is 1. The van der Waals surface area contributed by atoms with Crippen LogP contribution >= 0.6 is 15.9 Å². The van der Waals surface area contributed by atoms with Gasteiger partial charge in [-0.05, 0) is 33.6 Å². The summed E-state index contributed by atoms with van der Waals surface area (Å²) in [6.45, 7) is 0.669. The molecular formula is C12H15BrN2O3. The Hall–Kier alpha value is -1.27. The summed E-state index contributed by atoms with van der Waals surface area (Å²) in [7, 11) is 3.17. The van der Waals surface area contributed by atoms with E-state index in [1.165, 1.54) is 0 Å². The van der Waals surface area contributed by atoms with Crippen LogP contribution in [0.4, 0.5) is 0 Å². The average molecular weight is 315 g/mol. The highest BCUT2D eigenvalue weighted by Crippen LogP contribution is 2.37. The van der Waals surface area contributed by atoms with Gasteiger partial charge < -0.3 is 14.8 Å². The van der Waals surface area contributed by atoms with E-state index in [2.05, 4.69) is 26.6 Å². The van der Waals surface area contributed by atoms with Gasteiger partial charge in [0.2, 0.25) is 5.91 Å². The normalized spacial score (nSPS) is 19.3. The second-order valence-corrected chi connectivity index (χ2v) is 4.80. The summed E-state index contributed by atoms with van der Waals surface area (Å²) in [5.41, 5.74) is 0.924. The van der Waals surface area contributed by atoms with Gasteiger partial charge in [-0.15, -0.1) is 0 Å². The highest BCUT2D eigenvalue weighted by molar-refractivity contribution is 9.10. The minimum atomic E-state index is -0.192. The van der Waals surface area contributed by atoms with E-state index in [9.17, 15) is 4.79 Å². The molecule has 1 heterocycles. The third-order valence-electron chi connectivity index (χ3n) is 2.80. The van der Waals surface area contributed by atoms with Crippen LogP contribution in [0.25, 0.3) is 0 Å². The number of ether oxygens (including phenoxy) is 2. The van der Waals surface area contributed by atoms with Gasteiger partial charge in [0.05, 0.1) is 18.7 Å². The van der Waals surface area contributed by atoms with E-state index >= 15 is 0 Å². The molecule has 0 radical (unpaired) electrons. The fourth-order valence-corrected chi connectivity index (χ4v) is 2.54. The van der Waals surface area contributed by atoms with E-state index in [1.807, 2.05) is 12.1 Å². The monoisotopic (exact) mass is 314 g/mol. The molecule has 2 N–H and O–H groups in total. The Morgan fingerprint density at radius 1 is 1.33 bits per heavy atom. The number of halogens is 1. The fraction of sp³-hybridized carbons (Fsp3) is 0.417. The maximum Gasteiger partial charge on any atom is 0.222 e. The molecule has 2 rings (SSSR count). The van der Waals surface area contributed by atoms with Gasteiger partial charge in [0, 0.05) is 13.0 Å². The molecule has 98 valence electrons. The largest absolute Gasteiger partial charge is 0.493 e. The first-order valence-corrected chi connectivity index (χ1v) is 6.39. The summed E-state index contributed by atoms with van der Waals surface area (Å²) < 4.78 is 11.3. The van der Waals surface area contributed by atoms with Crippen LogP contribution in [0.2, 0.25) is 0 Å². The Morgan fingerprint density at radius 2 is 2.11 bits per heavy atom. The lowest BCUT2D eigenvalue weighted by Gasteiger charge is -2.26. The lowest BCUT2D eigenvalue weighted by atomic mass is 10.1. The van der Waals surface area contributed by atoms with Gasteiger partial charge in [-0.3, -0.25) is 10.1 Å². The summed E-state index contributed by atoms with van der Waals surface area (Å²) in [5.74, 6) is 1.32. The summed E-state index contributed by atoms with van der Waals surface area (Å²) in [4.78, 5) is 11.4. The second-order valence-electron chi connectivity index (χ2n) is 3.94. The Balaban J connectivity index is 2.33. The Morgan fingerprint density at radius 3 is 2.72 bits per heavy atom. The molecule has 1 aromatic rings. The molecule has 1 fully saturated rings. The number of hydrogen-bond donors (Lipinski definition) is 2. The molecule has 1 aliphatic heterocycles. The third-order valence-corrected chi connectivity index (χ3v) is 3.38. The topological polar surface area (TPSA) is 59.6 Å². The van der Waals surface area contributed by atoms with Gasteiger partial charge in [-0.25, -0.2) is 0 Å². The van der Waals surface area contributed by atoms with Crippen molar-refractivity contribution in [1.29, 1.82) is 0 Å². The molecule has 1 aliphatic rings. The minimum Gasteiger partial charge on any atom is -0.493 e. The molecule has 18 heavy (non-hydrogen) atoms. The maximum absolute atomic E-state index is 11.4. The van der Waals surface area contributed by atoms with Crippen LogP contribution in [0, 0.1) is 0 Å². The first-order chi connectivity index (χ1) is 8.65. The van der Waals surface area contributed by atoms with Crippen molar-refractivity contribution in [2.24, 2.45) is 0 Å². The van der Waals surface area contributed by atoms with Crippen LogP contribution in [0.15, 0.2) is 16.6 Å². The van der Waals surface area contributed by atoms with Gasteiger partial charge in [-0.2, -0.15) is 0 Å². The van der Waals surface area contributed by atoms with E-state index in [-0.39, 0.29) is 12.1 Å². The van der Waals surface area contributed by atoms with Crippen LogP contribution < -0.4 is 20.1 Å². The van der Waals surface area contributed by atoms with Crippen LogP contribution in [0.3, 0.4) is 0 Å². The molecular weight excluding hydrogens is 300 g/mol. The zero-order valence-electron chi connectivity index (χ0n) is 10.2. The predicted molar refractivity (Wildman–Crippen MR) is 70.7 cm³/mol. The van der Waals surface area contributed by atoms with Crippen molar-refractivity contribution in [3.63, 3.8) is 0 Å². The number of nitrogens with one attached hydrogen (secondary N) is 2. The first kappa shape index (κ1) is 13.2. The number of rotatable bonds is 3. The highest BCUT2D eigenvalue weighted by Gasteiger charge is 2.21. The molecule has 6 heteroatoms. The quantitative estimate of drug-likeness (QED) is 0.889. The van der Waals surface area contributed by atoms with Gasteiger partial charge in [0.25, 0.3) is 0 Å². The van der Waals surface area contributed by atoms with Crippen LogP contribution in [0.5, 0.6) is 11.5 Å². The molecule has 1 amide bonds. The van der Waals surface area contributed by atoms with Crippen molar-refractivity contribution in [3.05, 3.63) is 22.2 Å². The molecule has 0 saturated carbocycles. The maximum atomic E-state index is 11.4. The molecule has 5 nitrogen and oxygen atoms in total. The Labute approximate surface area is 114 Å². The molecule has 0 bridgehead atoms. The molecule has 0 aliphatic carbocycles. The molecule has 0 spiro atoms. The van der Waals surface area contributed by atoms with Gasteiger partial charge in [0.15, 0.2) is 11.5 Å². The standard InChI is InChI=1S/C12H15BrN2O3/c1-17-9-6-7(5-8(13)11(9)18-2)12-14-4-3-10(16)15-12/h5-6,12,14H,3-4H2,1-2H3,(H,15,16)/t12-/m0/s1. The van der Waals surface area contributed by atoms with Gasteiger partial charge >= 0.3 is 0 Å². The van der Waals surface area contributed by atoms with E-state index in [0.29, 0.717) is 24.5 Å². The molecule has 1 aromatic carbocycles. The third kappa shape index (κ3) is 2.59. The lowest BCUT2D eigenvalue weighted by Crippen LogP contribution is -2.44. The molecule has 0 unspecified atom stereocenters. The smallest absolute Gasteiger partial charge is 0.222 e. The lowest BCUT2D eigenvalue weighted by molar-refractivity contribution is -0.123. The van der Waals surface area contributed by atoms with Crippen molar-refractivity contribution in [1.82, 2.24) is 10.6 Å². The Bertz CT molecular complexity index is 465. The SMILES string of the molecule is COc1cc([C@H]2NCCC(=O)N2)cc(Br)c1OC. The number of methoxy groups -OCH3 is 2. The van der Waals surface area contributed by atoms with E-state index < -0.39 is 0 Å². The van der Waals surface area contributed by atoms with Crippen LogP contribution in [-0.2, 0) is 4.79 Å². The number of hydrogen-bond acceptors (Lipinski definition) is 4.